The Balaban J connectivity index is 1.59. The molecule has 0 saturated heterocycles. The second-order valence-corrected chi connectivity index (χ2v) is 7.25. The van der Waals surface area contributed by atoms with Crippen molar-refractivity contribution >= 4 is 28.9 Å². The molecule has 3 aromatic rings. The summed E-state index contributed by atoms with van der Waals surface area (Å²) in [7, 11) is 0. The molecule has 152 valence electrons. The van der Waals surface area contributed by atoms with Crippen LogP contribution in [0.3, 0.4) is 0 Å². The summed E-state index contributed by atoms with van der Waals surface area (Å²) in [4.78, 5) is 26.6. The van der Waals surface area contributed by atoms with E-state index in [1.165, 1.54) is 24.3 Å². The van der Waals surface area contributed by atoms with Crippen LogP contribution in [0.1, 0.15) is 24.1 Å². The molecule has 3 aromatic carbocycles. The maximum atomic E-state index is 13.2. The molecule has 0 aromatic heterocycles. The topological polar surface area (TPSA) is 61.4 Å². The molecule has 0 saturated carbocycles. The van der Waals surface area contributed by atoms with Crippen LogP contribution in [-0.4, -0.2) is 18.4 Å². The van der Waals surface area contributed by atoms with Crippen molar-refractivity contribution in [3.05, 3.63) is 89.7 Å². The van der Waals surface area contributed by atoms with Crippen LogP contribution in [0.4, 0.5) is 21.5 Å². The van der Waals surface area contributed by atoms with Crippen LogP contribution in [0.5, 0.6) is 0 Å². The van der Waals surface area contributed by atoms with Crippen molar-refractivity contribution in [2.45, 2.75) is 19.4 Å². The number of carbonyl (C=O) groups is 2. The Morgan fingerprint density at radius 1 is 0.967 bits per heavy atom. The van der Waals surface area contributed by atoms with Crippen LogP contribution in [0.2, 0.25) is 0 Å². The normalized spacial score (nSPS) is 13.5. The molecule has 0 spiro atoms. The van der Waals surface area contributed by atoms with E-state index in [-0.39, 0.29) is 17.6 Å². The standard InChI is InChI=1S/C24H22FN3O2/c1-16(29)28-14-13-18-15-21(11-12-22(18)28)26-23(17-5-3-2-4-6-17)24(30)27-20-9-7-19(25)8-10-20/h2-12,15,23,26H,13-14H2,1H3,(H,27,30). The summed E-state index contributed by atoms with van der Waals surface area (Å²) in [5.41, 5.74) is 4.11. The third kappa shape index (κ3) is 4.17. The van der Waals surface area contributed by atoms with Gasteiger partial charge >= 0.3 is 0 Å². The van der Waals surface area contributed by atoms with Gasteiger partial charge < -0.3 is 15.5 Å². The van der Waals surface area contributed by atoms with Crippen molar-refractivity contribution in [3.8, 4) is 0 Å². The first-order valence-corrected chi connectivity index (χ1v) is 9.80. The van der Waals surface area contributed by atoms with E-state index in [1.807, 2.05) is 48.5 Å². The van der Waals surface area contributed by atoms with E-state index < -0.39 is 6.04 Å². The Morgan fingerprint density at radius 3 is 2.37 bits per heavy atom. The highest BCUT2D eigenvalue weighted by Crippen LogP contribution is 2.32. The van der Waals surface area contributed by atoms with Gasteiger partial charge in [-0.25, -0.2) is 4.39 Å². The molecule has 2 N–H and O–H groups in total. The summed E-state index contributed by atoms with van der Waals surface area (Å²) in [5.74, 6) is -0.586. The van der Waals surface area contributed by atoms with Gasteiger partial charge in [-0.15, -0.1) is 0 Å². The maximum Gasteiger partial charge on any atom is 0.251 e. The minimum Gasteiger partial charge on any atom is -0.370 e. The minimum absolute atomic E-state index is 0.0234. The number of nitrogens with one attached hydrogen (secondary N) is 2. The smallest absolute Gasteiger partial charge is 0.251 e. The maximum absolute atomic E-state index is 13.2. The predicted octanol–water partition coefficient (Wildman–Crippen LogP) is 4.53. The number of fused-ring (bicyclic) bond motifs is 1. The molecule has 0 aliphatic carbocycles. The van der Waals surface area contributed by atoms with Gasteiger partial charge in [0.05, 0.1) is 0 Å². The number of nitrogens with zero attached hydrogens (tertiary/aromatic N) is 1. The molecular formula is C24H22FN3O2. The molecule has 0 radical (unpaired) electrons. The first kappa shape index (κ1) is 19.6. The lowest BCUT2D eigenvalue weighted by Crippen LogP contribution is -2.27. The van der Waals surface area contributed by atoms with Crippen LogP contribution >= 0.6 is 0 Å². The first-order chi connectivity index (χ1) is 14.5. The molecule has 6 heteroatoms. The van der Waals surface area contributed by atoms with Gasteiger partial charge in [0.25, 0.3) is 5.91 Å². The Morgan fingerprint density at radius 2 is 1.67 bits per heavy atom. The summed E-state index contributed by atoms with van der Waals surface area (Å²) in [6.45, 7) is 2.23. The zero-order valence-electron chi connectivity index (χ0n) is 16.6. The Hall–Kier alpha value is -3.67. The number of hydrogen-bond acceptors (Lipinski definition) is 3. The van der Waals surface area contributed by atoms with Gasteiger partial charge in [-0.2, -0.15) is 0 Å². The highest BCUT2D eigenvalue weighted by Gasteiger charge is 2.24. The van der Waals surface area contributed by atoms with E-state index in [9.17, 15) is 14.0 Å². The Labute approximate surface area is 174 Å². The number of benzene rings is 3. The van der Waals surface area contributed by atoms with Gasteiger partial charge in [-0.05, 0) is 60.0 Å². The van der Waals surface area contributed by atoms with Crippen LogP contribution < -0.4 is 15.5 Å². The summed E-state index contributed by atoms with van der Waals surface area (Å²) < 4.78 is 13.2. The number of rotatable bonds is 5. The van der Waals surface area contributed by atoms with Crippen LogP contribution in [-0.2, 0) is 16.0 Å². The van der Waals surface area contributed by atoms with E-state index >= 15 is 0 Å². The quantitative estimate of drug-likeness (QED) is 0.658. The first-order valence-electron chi connectivity index (χ1n) is 9.80. The molecular weight excluding hydrogens is 381 g/mol. The largest absolute Gasteiger partial charge is 0.370 e. The average molecular weight is 403 g/mol. The Bertz CT molecular complexity index is 1070. The van der Waals surface area contributed by atoms with E-state index in [1.54, 1.807) is 11.8 Å². The van der Waals surface area contributed by atoms with Gasteiger partial charge in [0, 0.05) is 30.5 Å². The number of halogens is 1. The van der Waals surface area contributed by atoms with Crippen LogP contribution in [0.15, 0.2) is 72.8 Å². The number of anilines is 3. The lowest BCUT2D eigenvalue weighted by atomic mass is 10.0. The van der Waals surface area contributed by atoms with Gasteiger partial charge in [-0.1, -0.05) is 30.3 Å². The number of carbonyl (C=O) groups excluding carboxylic acids is 2. The van der Waals surface area contributed by atoms with E-state index in [4.69, 9.17) is 0 Å². The zero-order chi connectivity index (χ0) is 21.1. The lowest BCUT2D eigenvalue weighted by molar-refractivity contribution is -0.117. The van der Waals surface area contributed by atoms with Crippen molar-refractivity contribution in [2.24, 2.45) is 0 Å². The third-order valence-electron chi connectivity index (χ3n) is 5.17. The summed E-state index contributed by atoms with van der Waals surface area (Å²) >= 11 is 0. The van der Waals surface area contributed by atoms with Crippen molar-refractivity contribution in [2.75, 3.05) is 22.1 Å². The zero-order valence-corrected chi connectivity index (χ0v) is 16.6. The van der Waals surface area contributed by atoms with Crippen LogP contribution in [0.25, 0.3) is 0 Å². The Kier molecular flexibility index (Phi) is 5.48. The molecule has 0 fully saturated rings. The van der Waals surface area contributed by atoms with Crippen LogP contribution in [0, 0.1) is 5.82 Å². The SMILES string of the molecule is CC(=O)N1CCc2cc(NC(C(=O)Nc3ccc(F)cc3)c3ccccc3)ccc21. The molecule has 1 aliphatic rings. The predicted molar refractivity (Wildman–Crippen MR) is 116 cm³/mol. The second-order valence-electron chi connectivity index (χ2n) is 7.25. The van der Waals surface area contributed by atoms with Gasteiger partial charge in [0.1, 0.15) is 11.9 Å². The fourth-order valence-electron chi connectivity index (χ4n) is 3.68. The monoisotopic (exact) mass is 403 g/mol. The molecule has 1 aliphatic heterocycles. The van der Waals surface area contributed by atoms with E-state index in [2.05, 4.69) is 10.6 Å². The molecule has 0 bridgehead atoms. The molecule has 4 rings (SSSR count). The van der Waals surface area contributed by atoms with Gasteiger partial charge in [0.2, 0.25) is 5.91 Å². The summed E-state index contributed by atoms with van der Waals surface area (Å²) in [5, 5.41) is 6.15. The summed E-state index contributed by atoms with van der Waals surface area (Å²) in [6, 6.07) is 20.2. The fraction of sp³-hybridized carbons (Fsp3) is 0.167. The van der Waals surface area contributed by atoms with Crippen molar-refractivity contribution in [3.63, 3.8) is 0 Å². The van der Waals surface area contributed by atoms with Gasteiger partial charge in [0.15, 0.2) is 0 Å². The van der Waals surface area contributed by atoms with Crippen molar-refractivity contribution in [1.29, 1.82) is 0 Å². The van der Waals surface area contributed by atoms with Crippen molar-refractivity contribution < 1.29 is 14.0 Å². The van der Waals surface area contributed by atoms with Crippen molar-refractivity contribution in [1.82, 2.24) is 0 Å². The average Bonchev–Trinajstić information content (AvgIpc) is 3.18. The van der Waals surface area contributed by atoms with Gasteiger partial charge in [-0.3, -0.25) is 9.59 Å². The molecule has 1 unspecified atom stereocenters. The molecule has 30 heavy (non-hydrogen) atoms. The van der Waals surface area contributed by atoms with E-state index in [0.717, 1.165) is 28.9 Å². The van der Waals surface area contributed by atoms with E-state index in [0.29, 0.717) is 12.2 Å². The highest BCUT2D eigenvalue weighted by molar-refractivity contribution is 5.97. The number of amides is 2. The highest BCUT2D eigenvalue weighted by atomic mass is 19.1. The third-order valence-corrected chi connectivity index (χ3v) is 5.17. The summed E-state index contributed by atoms with van der Waals surface area (Å²) in [6.07, 6.45) is 0.780. The molecule has 1 atom stereocenters. The second kappa shape index (κ2) is 8.37. The molecule has 2 amide bonds. The number of hydrogen-bond donors (Lipinski definition) is 2. The molecule has 1 heterocycles. The lowest BCUT2D eigenvalue weighted by Gasteiger charge is -2.21. The molecule has 5 nitrogen and oxygen atoms in total. The fourth-order valence-corrected chi connectivity index (χ4v) is 3.68. The minimum atomic E-state index is -0.639.